The van der Waals surface area contributed by atoms with Gasteiger partial charge in [0.05, 0.1) is 12.7 Å². The van der Waals surface area contributed by atoms with Crippen LogP contribution in [0.2, 0.25) is 0 Å². The van der Waals surface area contributed by atoms with Crippen molar-refractivity contribution in [1.82, 2.24) is 0 Å². The van der Waals surface area contributed by atoms with E-state index < -0.39 is 0 Å². The van der Waals surface area contributed by atoms with Gasteiger partial charge in [-0.25, -0.2) is 0 Å². The molecular formula is C17H24O4. The zero-order valence-electron chi connectivity index (χ0n) is 13.3. The van der Waals surface area contributed by atoms with Gasteiger partial charge in [-0.3, -0.25) is 4.79 Å². The molecule has 1 saturated carbocycles. The highest BCUT2D eigenvalue weighted by Crippen LogP contribution is 2.71. The van der Waals surface area contributed by atoms with Gasteiger partial charge in [0.1, 0.15) is 17.8 Å². The minimum atomic E-state index is -0.239. The minimum Gasteiger partial charge on any atom is -0.460 e. The normalized spacial score (nSPS) is 54.1. The summed E-state index contributed by atoms with van der Waals surface area (Å²) in [6.45, 7) is 9.03. The Morgan fingerprint density at radius 3 is 2.76 bits per heavy atom. The van der Waals surface area contributed by atoms with Crippen LogP contribution in [0.15, 0.2) is 11.6 Å². The summed E-state index contributed by atoms with van der Waals surface area (Å²) in [4.78, 5) is 11.4. The van der Waals surface area contributed by atoms with Gasteiger partial charge >= 0.3 is 5.97 Å². The minimum absolute atomic E-state index is 0.00486. The Labute approximate surface area is 125 Å². The molecule has 2 aliphatic heterocycles. The molecular weight excluding hydrogens is 268 g/mol. The number of hydrogen-bond acceptors (Lipinski definition) is 4. The van der Waals surface area contributed by atoms with Crippen LogP contribution >= 0.6 is 0 Å². The molecule has 0 N–H and O–H groups in total. The maximum absolute atomic E-state index is 11.4. The molecule has 4 rings (SSSR count). The van der Waals surface area contributed by atoms with Crippen LogP contribution in [0.3, 0.4) is 0 Å². The van der Waals surface area contributed by atoms with E-state index in [1.54, 1.807) is 0 Å². The smallest absolute Gasteiger partial charge is 0.302 e. The number of epoxide rings is 1. The first-order valence-electron chi connectivity index (χ1n) is 7.96. The van der Waals surface area contributed by atoms with Gasteiger partial charge in [-0.15, -0.1) is 0 Å². The predicted octanol–water partition coefficient (Wildman–Crippen LogP) is 2.61. The zero-order valence-corrected chi connectivity index (χ0v) is 13.3. The summed E-state index contributed by atoms with van der Waals surface area (Å²) in [7, 11) is 0. The zero-order chi connectivity index (χ0) is 15.0. The first-order valence-corrected chi connectivity index (χ1v) is 7.96. The summed E-state index contributed by atoms with van der Waals surface area (Å²) in [5.41, 5.74) is 1.22. The van der Waals surface area contributed by atoms with Gasteiger partial charge in [0.15, 0.2) is 0 Å². The molecule has 2 aliphatic carbocycles. The van der Waals surface area contributed by atoms with E-state index in [0.29, 0.717) is 0 Å². The molecule has 21 heavy (non-hydrogen) atoms. The van der Waals surface area contributed by atoms with Gasteiger partial charge in [-0.2, -0.15) is 0 Å². The number of hydrogen-bond donors (Lipinski definition) is 0. The second-order valence-corrected chi connectivity index (χ2v) is 7.77. The standard InChI is InChI=1S/C17H24O4/c1-10-5-6-15(3)13(7-10)21-14-12(20-11(2)18)8-16(15,4)17(14)9-19-17/h7,12-14H,5-6,8-9H2,1-4H3/t12?,13-,14-,15+,16-,17+/m1/s1. The van der Waals surface area contributed by atoms with E-state index in [1.807, 2.05) is 0 Å². The van der Waals surface area contributed by atoms with Gasteiger partial charge in [0.25, 0.3) is 0 Å². The monoisotopic (exact) mass is 292 g/mol. The fraction of sp³-hybridized carbons (Fsp3) is 0.824. The lowest BCUT2D eigenvalue weighted by atomic mass is 9.53. The number of ether oxygens (including phenoxy) is 3. The third kappa shape index (κ3) is 1.50. The van der Waals surface area contributed by atoms with Crippen LogP contribution in [0, 0.1) is 10.8 Å². The lowest BCUT2D eigenvalue weighted by Crippen LogP contribution is -2.61. The summed E-state index contributed by atoms with van der Waals surface area (Å²) in [6, 6.07) is 0. The molecule has 4 heteroatoms. The summed E-state index contributed by atoms with van der Waals surface area (Å²) in [5, 5.41) is 0. The van der Waals surface area contributed by atoms with Crippen molar-refractivity contribution in [3.05, 3.63) is 11.6 Å². The van der Waals surface area contributed by atoms with Crippen LogP contribution < -0.4 is 0 Å². The first-order chi connectivity index (χ1) is 9.82. The van der Waals surface area contributed by atoms with Crippen molar-refractivity contribution in [3.8, 4) is 0 Å². The molecule has 1 unspecified atom stereocenters. The highest BCUT2D eigenvalue weighted by molar-refractivity contribution is 5.66. The Hall–Kier alpha value is -0.870. The van der Waals surface area contributed by atoms with E-state index in [1.165, 1.54) is 12.5 Å². The summed E-state index contributed by atoms with van der Waals surface area (Å²) >= 11 is 0. The van der Waals surface area contributed by atoms with Gasteiger partial charge in [0.2, 0.25) is 0 Å². The Morgan fingerprint density at radius 1 is 1.43 bits per heavy atom. The van der Waals surface area contributed by atoms with Crippen LogP contribution in [0.5, 0.6) is 0 Å². The molecule has 3 fully saturated rings. The topological polar surface area (TPSA) is 48.1 Å². The van der Waals surface area contributed by atoms with Crippen molar-refractivity contribution in [2.75, 3.05) is 6.61 Å². The highest BCUT2D eigenvalue weighted by atomic mass is 16.7. The molecule has 0 aromatic heterocycles. The van der Waals surface area contributed by atoms with Gasteiger partial charge in [-0.1, -0.05) is 25.5 Å². The Bertz CT molecular complexity index is 535. The summed E-state index contributed by atoms with van der Waals surface area (Å²) in [5.74, 6) is -0.226. The average molecular weight is 292 g/mol. The quantitative estimate of drug-likeness (QED) is 0.423. The van der Waals surface area contributed by atoms with Crippen molar-refractivity contribution >= 4 is 5.97 Å². The highest BCUT2D eigenvalue weighted by Gasteiger charge is 2.80. The van der Waals surface area contributed by atoms with Gasteiger partial charge < -0.3 is 14.2 Å². The Balaban J connectivity index is 1.78. The molecule has 0 aromatic carbocycles. The van der Waals surface area contributed by atoms with Crippen molar-refractivity contribution in [2.24, 2.45) is 10.8 Å². The molecule has 4 nitrogen and oxygen atoms in total. The van der Waals surface area contributed by atoms with Crippen LogP contribution in [0.1, 0.15) is 47.0 Å². The number of fused-ring (bicyclic) bond motifs is 2. The molecule has 2 saturated heterocycles. The molecule has 0 radical (unpaired) electrons. The van der Waals surface area contributed by atoms with E-state index in [4.69, 9.17) is 14.2 Å². The number of rotatable bonds is 1. The van der Waals surface area contributed by atoms with Crippen LogP contribution in [-0.4, -0.2) is 36.5 Å². The molecule has 0 amide bonds. The number of allylic oxidation sites excluding steroid dienone is 1. The van der Waals surface area contributed by atoms with Crippen molar-refractivity contribution in [2.45, 2.75) is 70.9 Å². The van der Waals surface area contributed by atoms with Crippen molar-refractivity contribution < 1.29 is 19.0 Å². The summed E-state index contributed by atoms with van der Waals surface area (Å²) < 4.78 is 18.0. The molecule has 116 valence electrons. The SMILES string of the molecule is CC(=O)OC1C[C@]2(C)[C@@]3(C)CCC(C)=C[C@H]3O[C@H]1[C@@]21CO1. The second kappa shape index (κ2) is 3.90. The largest absolute Gasteiger partial charge is 0.460 e. The van der Waals surface area contributed by atoms with Crippen LogP contribution in [0.4, 0.5) is 0 Å². The number of carbonyl (C=O) groups is 1. The first kappa shape index (κ1) is 13.8. The molecule has 1 spiro atoms. The van der Waals surface area contributed by atoms with E-state index in [0.717, 1.165) is 25.9 Å². The van der Waals surface area contributed by atoms with Crippen LogP contribution in [0.25, 0.3) is 0 Å². The molecule has 2 bridgehead atoms. The number of esters is 1. The fourth-order valence-corrected chi connectivity index (χ4v) is 5.15. The molecule has 0 aromatic rings. The third-order valence-corrected chi connectivity index (χ3v) is 6.77. The van der Waals surface area contributed by atoms with Gasteiger partial charge in [0, 0.05) is 17.8 Å². The lowest BCUT2D eigenvalue weighted by Gasteiger charge is -2.56. The average Bonchev–Trinajstić information content (AvgIpc) is 3.15. The fourth-order valence-electron chi connectivity index (χ4n) is 5.15. The van der Waals surface area contributed by atoms with E-state index in [-0.39, 0.29) is 40.7 Å². The van der Waals surface area contributed by atoms with Gasteiger partial charge in [-0.05, 0) is 26.2 Å². The molecule has 4 aliphatic rings. The lowest BCUT2D eigenvalue weighted by molar-refractivity contribution is -0.201. The van der Waals surface area contributed by atoms with Crippen LogP contribution in [-0.2, 0) is 19.0 Å². The van der Waals surface area contributed by atoms with E-state index >= 15 is 0 Å². The van der Waals surface area contributed by atoms with E-state index in [2.05, 4.69) is 26.8 Å². The molecule has 6 atom stereocenters. The Morgan fingerprint density at radius 2 is 2.14 bits per heavy atom. The number of carbonyl (C=O) groups excluding carboxylic acids is 1. The summed E-state index contributed by atoms with van der Waals surface area (Å²) in [6.07, 6.45) is 5.16. The molecule has 2 heterocycles. The predicted molar refractivity (Wildman–Crippen MR) is 76.7 cm³/mol. The second-order valence-electron chi connectivity index (χ2n) is 7.77. The van der Waals surface area contributed by atoms with Crippen molar-refractivity contribution in [3.63, 3.8) is 0 Å². The maximum atomic E-state index is 11.4. The Kier molecular flexibility index (Phi) is 2.56. The maximum Gasteiger partial charge on any atom is 0.302 e. The van der Waals surface area contributed by atoms with E-state index in [9.17, 15) is 4.79 Å². The van der Waals surface area contributed by atoms with Crippen molar-refractivity contribution in [1.29, 1.82) is 0 Å². The third-order valence-electron chi connectivity index (χ3n) is 6.77.